The molecule has 0 saturated carbocycles. The number of ether oxygens (including phenoxy) is 1. The molecule has 2 aromatic heterocycles. The molecule has 0 saturated heterocycles. The van der Waals surface area contributed by atoms with Crippen molar-refractivity contribution >= 4 is 23.4 Å². The lowest BCUT2D eigenvalue weighted by Gasteiger charge is -1.99. The van der Waals surface area contributed by atoms with Gasteiger partial charge in [-0.3, -0.25) is 0 Å². The number of hydrogen-bond acceptors (Lipinski definition) is 7. The summed E-state index contributed by atoms with van der Waals surface area (Å²) in [4.78, 5) is 15.5. The van der Waals surface area contributed by atoms with Crippen LogP contribution in [0.4, 0.5) is 0 Å². The van der Waals surface area contributed by atoms with Gasteiger partial charge < -0.3 is 9.15 Å². The van der Waals surface area contributed by atoms with Crippen molar-refractivity contribution in [3.8, 4) is 6.01 Å². The zero-order valence-corrected chi connectivity index (χ0v) is 9.12. The lowest BCUT2D eigenvalue weighted by atomic mass is 11.0. The standard InChI is InChI=1S/C7H5ClN4O2S/c1-13-5-10-4(8)11-6(12-5)15-7-9-2-3-14-7/h2-3H,1H3. The molecular weight excluding hydrogens is 240 g/mol. The minimum absolute atomic E-state index is 0.0657. The van der Waals surface area contributed by atoms with Crippen LogP contribution in [0.1, 0.15) is 0 Å². The Morgan fingerprint density at radius 1 is 1.40 bits per heavy atom. The van der Waals surface area contributed by atoms with Crippen LogP contribution in [0, 0.1) is 0 Å². The van der Waals surface area contributed by atoms with Crippen LogP contribution in [-0.2, 0) is 0 Å². The second-order valence-electron chi connectivity index (χ2n) is 2.27. The zero-order chi connectivity index (χ0) is 10.7. The Bertz CT molecular complexity index is 450. The van der Waals surface area contributed by atoms with E-state index in [0.717, 1.165) is 11.8 Å². The lowest BCUT2D eigenvalue weighted by molar-refractivity contribution is 0.372. The third-order valence-electron chi connectivity index (χ3n) is 1.34. The minimum Gasteiger partial charge on any atom is -0.467 e. The van der Waals surface area contributed by atoms with E-state index in [2.05, 4.69) is 19.9 Å². The molecule has 8 heteroatoms. The summed E-state index contributed by atoms with van der Waals surface area (Å²) in [5.41, 5.74) is 0. The second-order valence-corrected chi connectivity index (χ2v) is 3.53. The first-order chi connectivity index (χ1) is 7.28. The highest BCUT2D eigenvalue weighted by atomic mass is 35.5. The molecule has 0 unspecified atom stereocenters. The van der Waals surface area contributed by atoms with Crippen LogP contribution in [0.3, 0.4) is 0 Å². The molecule has 0 aromatic carbocycles. The molecule has 0 bridgehead atoms. The molecule has 0 atom stereocenters. The summed E-state index contributed by atoms with van der Waals surface area (Å²) >= 11 is 6.80. The Labute approximate surface area is 94.1 Å². The zero-order valence-electron chi connectivity index (χ0n) is 7.55. The van der Waals surface area contributed by atoms with Gasteiger partial charge in [0.2, 0.25) is 10.4 Å². The molecule has 2 heterocycles. The van der Waals surface area contributed by atoms with E-state index in [4.69, 9.17) is 20.8 Å². The largest absolute Gasteiger partial charge is 0.467 e. The molecule has 0 aliphatic heterocycles. The van der Waals surface area contributed by atoms with E-state index in [1.165, 1.54) is 19.6 Å². The van der Waals surface area contributed by atoms with Gasteiger partial charge in [0.15, 0.2) is 0 Å². The summed E-state index contributed by atoms with van der Waals surface area (Å²) in [6.45, 7) is 0. The number of rotatable bonds is 3. The molecule has 0 spiro atoms. The summed E-state index contributed by atoms with van der Waals surface area (Å²) < 4.78 is 9.86. The molecule has 0 aliphatic carbocycles. The molecule has 0 amide bonds. The molecule has 6 nitrogen and oxygen atoms in total. The van der Waals surface area contributed by atoms with E-state index in [9.17, 15) is 0 Å². The van der Waals surface area contributed by atoms with E-state index >= 15 is 0 Å². The summed E-state index contributed by atoms with van der Waals surface area (Å²) in [5.74, 6) is 0. The number of aromatic nitrogens is 4. The van der Waals surface area contributed by atoms with Gasteiger partial charge in [-0.05, 0) is 11.6 Å². The Morgan fingerprint density at radius 2 is 2.27 bits per heavy atom. The Balaban J connectivity index is 2.24. The fourth-order valence-corrected chi connectivity index (χ4v) is 1.62. The first-order valence-electron chi connectivity index (χ1n) is 3.81. The van der Waals surface area contributed by atoms with Gasteiger partial charge in [0.05, 0.1) is 13.3 Å². The van der Waals surface area contributed by atoms with E-state index in [1.54, 1.807) is 0 Å². The molecular formula is C7H5ClN4O2S. The van der Waals surface area contributed by atoms with Crippen molar-refractivity contribution in [1.82, 2.24) is 19.9 Å². The smallest absolute Gasteiger partial charge is 0.321 e. The molecule has 0 radical (unpaired) electrons. The predicted molar refractivity (Wildman–Crippen MR) is 52.0 cm³/mol. The van der Waals surface area contributed by atoms with Crippen LogP contribution in [-0.4, -0.2) is 27.0 Å². The highest BCUT2D eigenvalue weighted by Gasteiger charge is 2.09. The molecule has 78 valence electrons. The maximum Gasteiger partial charge on any atom is 0.321 e. The molecule has 2 rings (SSSR count). The molecule has 0 N–H and O–H groups in total. The van der Waals surface area contributed by atoms with E-state index in [0.29, 0.717) is 10.4 Å². The van der Waals surface area contributed by atoms with Crippen LogP contribution in [0.2, 0.25) is 5.28 Å². The number of methoxy groups -OCH3 is 1. The van der Waals surface area contributed by atoms with Gasteiger partial charge in [-0.15, -0.1) is 0 Å². The first kappa shape index (κ1) is 10.2. The van der Waals surface area contributed by atoms with E-state index in [-0.39, 0.29) is 11.3 Å². The SMILES string of the molecule is COc1nc(Cl)nc(Sc2ncco2)n1. The van der Waals surface area contributed by atoms with Gasteiger partial charge in [-0.25, -0.2) is 4.98 Å². The third-order valence-corrected chi connectivity index (χ3v) is 2.25. The van der Waals surface area contributed by atoms with E-state index < -0.39 is 0 Å². The van der Waals surface area contributed by atoms with Gasteiger partial charge in [-0.2, -0.15) is 15.0 Å². The van der Waals surface area contributed by atoms with Gasteiger partial charge >= 0.3 is 6.01 Å². The molecule has 0 fully saturated rings. The van der Waals surface area contributed by atoms with Crippen LogP contribution in [0.15, 0.2) is 27.3 Å². The number of nitrogens with zero attached hydrogens (tertiary/aromatic N) is 4. The Morgan fingerprint density at radius 3 is 2.93 bits per heavy atom. The lowest BCUT2D eigenvalue weighted by Crippen LogP contribution is -1.96. The van der Waals surface area contributed by atoms with Crippen molar-refractivity contribution in [3.05, 3.63) is 17.7 Å². The minimum atomic E-state index is 0.0657. The average molecular weight is 245 g/mol. The first-order valence-corrected chi connectivity index (χ1v) is 5.00. The van der Waals surface area contributed by atoms with Crippen LogP contribution >= 0.6 is 23.4 Å². The second kappa shape index (κ2) is 4.45. The third kappa shape index (κ3) is 2.57. The normalized spacial score (nSPS) is 10.3. The Kier molecular flexibility index (Phi) is 3.02. The van der Waals surface area contributed by atoms with Crippen molar-refractivity contribution in [2.45, 2.75) is 10.4 Å². The number of hydrogen-bond donors (Lipinski definition) is 0. The summed E-state index contributed by atoms with van der Waals surface area (Å²) in [7, 11) is 1.45. The van der Waals surface area contributed by atoms with Gasteiger partial charge in [-0.1, -0.05) is 0 Å². The summed E-state index contributed by atoms with van der Waals surface area (Å²) in [5, 5.41) is 0.865. The van der Waals surface area contributed by atoms with Crippen molar-refractivity contribution in [1.29, 1.82) is 0 Å². The van der Waals surface area contributed by atoms with Crippen molar-refractivity contribution in [3.63, 3.8) is 0 Å². The maximum absolute atomic E-state index is 5.66. The monoisotopic (exact) mass is 244 g/mol. The van der Waals surface area contributed by atoms with Crippen molar-refractivity contribution < 1.29 is 9.15 Å². The number of halogens is 1. The molecule has 2 aromatic rings. The fraction of sp³-hybridized carbons (Fsp3) is 0.143. The summed E-state index contributed by atoms with van der Waals surface area (Å²) in [6.07, 6.45) is 2.99. The summed E-state index contributed by atoms with van der Waals surface area (Å²) in [6, 6.07) is 0.157. The Hall–Kier alpha value is -1.34. The van der Waals surface area contributed by atoms with Crippen molar-refractivity contribution in [2.75, 3.05) is 7.11 Å². The fourth-order valence-electron chi connectivity index (χ4n) is 0.790. The average Bonchev–Trinajstić information content (AvgIpc) is 2.69. The number of oxazole rings is 1. The van der Waals surface area contributed by atoms with Gasteiger partial charge in [0, 0.05) is 11.8 Å². The van der Waals surface area contributed by atoms with Crippen LogP contribution in [0.25, 0.3) is 0 Å². The molecule has 0 aliphatic rings. The van der Waals surface area contributed by atoms with Crippen LogP contribution < -0.4 is 4.74 Å². The predicted octanol–water partition coefficient (Wildman–Crippen LogP) is 1.67. The van der Waals surface area contributed by atoms with Crippen molar-refractivity contribution in [2.24, 2.45) is 0 Å². The maximum atomic E-state index is 5.66. The van der Waals surface area contributed by atoms with E-state index in [1.807, 2.05) is 0 Å². The highest BCUT2D eigenvalue weighted by molar-refractivity contribution is 7.98. The quantitative estimate of drug-likeness (QED) is 0.813. The van der Waals surface area contributed by atoms with Gasteiger partial charge in [0.25, 0.3) is 5.22 Å². The highest BCUT2D eigenvalue weighted by Crippen LogP contribution is 2.24. The topological polar surface area (TPSA) is 73.9 Å². The van der Waals surface area contributed by atoms with Crippen LogP contribution in [0.5, 0.6) is 6.01 Å². The van der Waals surface area contributed by atoms with Gasteiger partial charge in [0.1, 0.15) is 6.26 Å². The molecule has 15 heavy (non-hydrogen) atoms.